The Labute approximate surface area is 124 Å². The second-order valence-electron chi connectivity index (χ2n) is 6.29. The van der Waals surface area contributed by atoms with Gasteiger partial charge in [-0.3, -0.25) is 0 Å². The van der Waals surface area contributed by atoms with Crippen molar-refractivity contribution >= 4 is 27.3 Å². The molecule has 1 rings (SSSR count). The summed E-state index contributed by atoms with van der Waals surface area (Å²) in [5.74, 6) is 0.582. The highest BCUT2D eigenvalue weighted by atomic mass is 79.9. The van der Waals surface area contributed by atoms with Gasteiger partial charge >= 0.3 is 0 Å². The summed E-state index contributed by atoms with van der Waals surface area (Å²) in [6, 6.07) is 2.20. The van der Waals surface area contributed by atoms with Crippen molar-refractivity contribution in [3.8, 4) is 0 Å². The Balaban J connectivity index is 2.44. The van der Waals surface area contributed by atoms with E-state index in [1.165, 1.54) is 15.8 Å². The van der Waals surface area contributed by atoms with Gasteiger partial charge < -0.3 is 10.6 Å². The molecule has 0 aliphatic rings. The zero-order valence-electron chi connectivity index (χ0n) is 11.9. The Hall–Kier alpha value is 0.1000. The maximum atomic E-state index is 5.89. The van der Waals surface area contributed by atoms with Crippen LogP contribution in [0.1, 0.15) is 32.1 Å². The molecule has 0 spiro atoms. The van der Waals surface area contributed by atoms with Crippen molar-refractivity contribution in [3.63, 3.8) is 0 Å². The molecular formula is C14H25BrN2S. The smallest absolute Gasteiger partial charge is 0.0325 e. The fourth-order valence-electron chi connectivity index (χ4n) is 2.30. The van der Waals surface area contributed by atoms with Crippen LogP contribution in [-0.4, -0.2) is 25.0 Å². The van der Waals surface area contributed by atoms with Crippen molar-refractivity contribution in [2.75, 3.05) is 20.1 Å². The summed E-state index contributed by atoms with van der Waals surface area (Å²) in [7, 11) is 2.18. The van der Waals surface area contributed by atoms with Crippen LogP contribution in [0.2, 0.25) is 0 Å². The molecule has 2 nitrogen and oxygen atoms in total. The van der Waals surface area contributed by atoms with Gasteiger partial charge in [0.1, 0.15) is 0 Å². The van der Waals surface area contributed by atoms with Gasteiger partial charge in [-0.2, -0.15) is 0 Å². The van der Waals surface area contributed by atoms with E-state index < -0.39 is 0 Å². The third kappa shape index (κ3) is 6.32. The topological polar surface area (TPSA) is 29.3 Å². The van der Waals surface area contributed by atoms with Crippen LogP contribution in [-0.2, 0) is 6.54 Å². The van der Waals surface area contributed by atoms with Crippen molar-refractivity contribution in [3.05, 3.63) is 20.8 Å². The fourth-order valence-corrected chi connectivity index (χ4v) is 3.83. The Kier molecular flexibility index (Phi) is 6.31. The van der Waals surface area contributed by atoms with E-state index in [9.17, 15) is 0 Å². The highest BCUT2D eigenvalue weighted by Gasteiger charge is 2.19. The van der Waals surface area contributed by atoms with E-state index in [1.54, 1.807) is 11.3 Å². The second-order valence-corrected chi connectivity index (χ2v) is 8.21. The minimum atomic E-state index is 0.358. The van der Waals surface area contributed by atoms with Gasteiger partial charge in [-0.1, -0.05) is 20.8 Å². The highest BCUT2D eigenvalue weighted by Crippen LogP contribution is 2.25. The summed E-state index contributed by atoms with van der Waals surface area (Å²) in [6.07, 6.45) is 1.18. The van der Waals surface area contributed by atoms with Gasteiger partial charge in [0, 0.05) is 27.8 Å². The molecule has 0 fully saturated rings. The monoisotopic (exact) mass is 332 g/mol. The first-order valence-corrected chi connectivity index (χ1v) is 8.09. The van der Waals surface area contributed by atoms with E-state index in [-0.39, 0.29) is 0 Å². The van der Waals surface area contributed by atoms with Gasteiger partial charge in [0.2, 0.25) is 0 Å². The zero-order valence-corrected chi connectivity index (χ0v) is 14.3. The molecule has 18 heavy (non-hydrogen) atoms. The van der Waals surface area contributed by atoms with Crippen molar-refractivity contribution in [2.45, 2.75) is 33.7 Å². The summed E-state index contributed by atoms with van der Waals surface area (Å²) in [5.41, 5.74) is 6.25. The number of nitrogens with zero attached hydrogens (tertiary/aromatic N) is 1. The summed E-state index contributed by atoms with van der Waals surface area (Å²) >= 11 is 5.30. The van der Waals surface area contributed by atoms with E-state index >= 15 is 0 Å². The lowest BCUT2D eigenvalue weighted by Crippen LogP contribution is -2.32. The van der Waals surface area contributed by atoms with Crippen LogP contribution in [0.3, 0.4) is 0 Å². The fraction of sp³-hybridized carbons (Fsp3) is 0.714. The molecule has 0 aromatic carbocycles. The van der Waals surface area contributed by atoms with Gasteiger partial charge in [0.15, 0.2) is 0 Å². The number of hydrogen-bond donors (Lipinski definition) is 1. The summed E-state index contributed by atoms with van der Waals surface area (Å²) in [4.78, 5) is 3.78. The standard InChI is InChI=1S/C14H25BrN2S/c1-14(2,3)6-11(7-16)8-17(4)9-13-5-12(15)10-18-13/h5,10-11H,6-9,16H2,1-4H3. The molecule has 0 radical (unpaired) electrons. The second kappa shape index (κ2) is 7.04. The molecule has 0 aliphatic heterocycles. The van der Waals surface area contributed by atoms with Crippen molar-refractivity contribution in [1.29, 1.82) is 0 Å². The molecule has 0 saturated carbocycles. The molecule has 1 heterocycles. The van der Waals surface area contributed by atoms with Gasteiger partial charge in [-0.05, 0) is 53.3 Å². The first-order chi connectivity index (χ1) is 8.30. The lowest BCUT2D eigenvalue weighted by molar-refractivity contribution is 0.217. The Bertz CT molecular complexity index is 357. The van der Waals surface area contributed by atoms with Gasteiger partial charge in [-0.15, -0.1) is 11.3 Å². The highest BCUT2D eigenvalue weighted by molar-refractivity contribution is 9.10. The minimum absolute atomic E-state index is 0.358. The van der Waals surface area contributed by atoms with Crippen LogP contribution in [0, 0.1) is 11.3 Å². The molecule has 0 saturated heterocycles. The number of hydrogen-bond acceptors (Lipinski definition) is 3. The van der Waals surface area contributed by atoms with E-state index in [4.69, 9.17) is 5.73 Å². The van der Waals surface area contributed by atoms with Crippen molar-refractivity contribution in [2.24, 2.45) is 17.1 Å². The third-order valence-electron chi connectivity index (χ3n) is 2.85. The summed E-state index contributed by atoms with van der Waals surface area (Å²) in [5, 5.41) is 2.14. The third-order valence-corrected chi connectivity index (χ3v) is 4.53. The molecule has 4 heteroatoms. The largest absolute Gasteiger partial charge is 0.330 e. The Morgan fingerprint density at radius 3 is 2.56 bits per heavy atom. The minimum Gasteiger partial charge on any atom is -0.330 e. The molecule has 2 N–H and O–H groups in total. The van der Waals surface area contributed by atoms with Crippen LogP contribution >= 0.6 is 27.3 Å². The van der Waals surface area contributed by atoms with Crippen LogP contribution in [0.5, 0.6) is 0 Å². The van der Waals surface area contributed by atoms with Gasteiger partial charge in [0.05, 0.1) is 0 Å². The average Bonchev–Trinajstić information content (AvgIpc) is 2.60. The number of rotatable bonds is 6. The predicted octanol–water partition coefficient (Wildman–Crippen LogP) is 3.95. The predicted molar refractivity (Wildman–Crippen MR) is 85.0 cm³/mol. The molecule has 0 aliphatic carbocycles. The van der Waals surface area contributed by atoms with Crippen molar-refractivity contribution in [1.82, 2.24) is 4.90 Å². The summed E-state index contributed by atoms with van der Waals surface area (Å²) < 4.78 is 1.18. The number of nitrogens with two attached hydrogens (primary N) is 1. The van der Waals surface area contributed by atoms with E-state index in [2.05, 4.69) is 60.1 Å². The average molecular weight is 333 g/mol. The van der Waals surface area contributed by atoms with Gasteiger partial charge in [0.25, 0.3) is 0 Å². The zero-order chi connectivity index (χ0) is 13.8. The van der Waals surface area contributed by atoms with E-state index in [0.29, 0.717) is 11.3 Å². The maximum absolute atomic E-state index is 5.89. The normalized spacial score (nSPS) is 14.2. The molecule has 1 unspecified atom stereocenters. The lowest BCUT2D eigenvalue weighted by atomic mass is 9.84. The molecule has 0 bridgehead atoms. The lowest BCUT2D eigenvalue weighted by Gasteiger charge is -2.28. The molecule has 1 aromatic rings. The first kappa shape index (κ1) is 16.2. The molecule has 104 valence electrons. The quantitative estimate of drug-likeness (QED) is 0.854. The molecule has 0 amide bonds. The van der Waals surface area contributed by atoms with Gasteiger partial charge in [-0.25, -0.2) is 0 Å². The molecule has 1 atom stereocenters. The van der Waals surface area contributed by atoms with E-state index in [1.807, 2.05) is 0 Å². The number of thiophene rings is 1. The molecular weight excluding hydrogens is 308 g/mol. The van der Waals surface area contributed by atoms with Crippen LogP contribution in [0.4, 0.5) is 0 Å². The Morgan fingerprint density at radius 2 is 2.11 bits per heavy atom. The Morgan fingerprint density at radius 1 is 1.44 bits per heavy atom. The van der Waals surface area contributed by atoms with Crippen LogP contribution in [0.25, 0.3) is 0 Å². The SMILES string of the molecule is CN(Cc1cc(Br)cs1)CC(CN)CC(C)(C)C. The van der Waals surface area contributed by atoms with Crippen LogP contribution in [0.15, 0.2) is 15.9 Å². The van der Waals surface area contributed by atoms with E-state index in [0.717, 1.165) is 19.6 Å². The number of halogens is 1. The van der Waals surface area contributed by atoms with Crippen LogP contribution < -0.4 is 5.73 Å². The first-order valence-electron chi connectivity index (χ1n) is 6.41. The maximum Gasteiger partial charge on any atom is 0.0325 e. The summed E-state index contributed by atoms with van der Waals surface area (Å²) in [6.45, 7) is 9.71. The molecule has 1 aromatic heterocycles. The van der Waals surface area contributed by atoms with Crippen molar-refractivity contribution < 1.29 is 0 Å².